The fraction of sp³-hybridized carbons (Fsp3) is 0.133. The summed E-state index contributed by atoms with van der Waals surface area (Å²) in [5.41, 5.74) is 3.38. The van der Waals surface area contributed by atoms with Crippen molar-refractivity contribution < 1.29 is 28.5 Å². The fourth-order valence-electron chi connectivity index (χ4n) is 3.88. The Morgan fingerprint density at radius 3 is 1.31 bits per heavy atom. The molecule has 0 aromatic heterocycles. The zero-order valence-corrected chi connectivity index (χ0v) is 20.1. The lowest BCUT2D eigenvalue weighted by atomic mass is 9.93. The maximum atomic E-state index is 12.2. The first-order valence-corrected chi connectivity index (χ1v) is 11.3. The van der Waals surface area contributed by atoms with Gasteiger partial charge in [0.05, 0.1) is 14.2 Å². The molecule has 0 saturated carbocycles. The summed E-state index contributed by atoms with van der Waals surface area (Å²) in [6.45, 7) is 0.512. The Labute approximate surface area is 210 Å². The lowest BCUT2D eigenvalue weighted by Crippen LogP contribution is -2.05. The van der Waals surface area contributed by atoms with Gasteiger partial charge in [0.25, 0.3) is 0 Å². The Morgan fingerprint density at radius 1 is 0.583 bits per heavy atom. The van der Waals surface area contributed by atoms with Crippen LogP contribution in [0.4, 0.5) is 0 Å². The number of hydrogen-bond donors (Lipinski definition) is 0. The molecule has 0 atom stereocenters. The van der Waals surface area contributed by atoms with E-state index in [9.17, 15) is 9.59 Å². The zero-order chi connectivity index (χ0) is 25.3. The van der Waals surface area contributed by atoms with E-state index in [0.717, 1.165) is 11.1 Å². The van der Waals surface area contributed by atoms with Crippen LogP contribution in [0.3, 0.4) is 0 Å². The van der Waals surface area contributed by atoms with Crippen LogP contribution in [0.15, 0.2) is 84.9 Å². The zero-order valence-electron chi connectivity index (χ0n) is 20.1. The summed E-state index contributed by atoms with van der Waals surface area (Å²) in [5, 5.41) is 0. The number of hydrogen-bond acceptors (Lipinski definition) is 6. The van der Waals surface area contributed by atoms with Gasteiger partial charge in [0.15, 0.2) is 12.6 Å². The SMILES string of the molecule is COc1cc(C=O)c(-c2c(C=O)cc(OC)cc2OCc2ccccc2)c(OCc2ccccc2)c1. The summed E-state index contributed by atoms with van der Waals surface area (Å²) in [7, 11) is 3.03. The molecule has 0 N–H and O–H groups in total. The van der Waals surface area contributed by atoms with Crippen molar-refractivity contribution in [1.82, 2.24) is 0 Å². The highest BCUT2D eigenvalue weighted by Crippen LogP contribution is 2.44. The molecule has 0 spiro atoms. The molecular formula is C30H26O6. The molecule has 0 unspecified atom stereocenters. The van der Waals surface area contributed by atoms with Gasteiger partial charge in [-0.2, -0.15) is 0 Å². The highest BCUT2D eigenvalue weighted by molar-refractivity contribution is 6.00. The molecule has 4 rings (SSSR count). The van der Waals surface area contributed by atoms with E-state index in [0.29, 0.717) is 57.8 Å². The van der Waals surface area contributed by atoms with Crippen molar-refractivity contribution in [3.8, 4) is 34.1 Å². The molecule has 0 bridgehead atoms. The van der Waals surface area contributed by atoms with Crippen LogP contribution < -0.4 is 18.9 Å². The lowest BCUT2D eigenvalue weighted by Gasteiger charge is -2.20. The third-order valence-electron chi connectivity index (χ3n) is 5.66. The normalized spacial score (nSPS) is 10.4. The maximum Gasteiger partial charge on any atom is 0.150 e. The number of carbonyl (C=O) groups excluding carboxylic acids is 2. The highest BCUT2D eigenvalue weighted by atomic mass is 16.5. The minimum atomic E-state index is 0.256. The van der Waals surface area contributed by atoms with Crippen molar-refractivity contribution in [2.45, 2.75) is 13.2 Å². The minimum Gasteiger partial charge on any atom is -0.497 e. The van der Waals surface area contributed by atoms with Gasteiger partial charge < -0.3 is 18.9 Å². The molecule has 0 aliphatic heterocycles. The largest absolute Gasteiger partial charge is 0.497 e. The smallest absolute Gasteiger partial charge is 0.150 e. The van der Waals surface area contributed by atoms with E-state index in [1.54, 1.807) is 24.3 Å². The first-order valence-electron chi connectivity index (χ1n) is 11.3. The second-order valence-electron chi connectivity index (χ2n) is 7.96. The molecule has 6 nitrogen and oxygen atoms in total. The third kappa shape index (κ3) is 5.55. The minimum absolute atomic E-state index is 0.256. The standard InChI is InChI=1S/C30H26O6/c1-33-25-13-23(17-31)29(27(15-25)35-19-21-9-5-3-6-10-21)30-24(18-32)14-26(34-2)16-28(30)36-20-22-11-7-4-8-12-22/h3-18H,19-20H2,1-2H3. The second-order valence-corrected chi connectivity index (χ2v) is 7.96. The van der Waals surface area contributed by atoms with Crippen molar-refractivity contribution in [3.05, 3.63) is 107 Å². The van der Waals surface area contributed by atoms with Crippen LogP contribution in [-0.2, 0) is 13.2 Å². The van der Waals surface area contributed by atoms with Crippen LogP contribution in [0.1, 0.15) is 31.8 Å². The number of benzene rings is 4. The van der Waals surface area contributed by atoms with Crippen LogP contribution in [-0.4, -0.2) is 26.8 Å². The van der Waals surface area contributed by atoms with E-state index in [4.69, 9.17) is 18.9 Å². The van der Waals surface area contributed by atoms with E-state index < -0.39 is 0 Å². The fourth-order valence-corrected chi connectivity index (χ4v) is 3.88. The molecule has 0 radical (unpaired) electrons. The molecule has 0 aliphatic rings. The predicted octanol–water partition coefficient (Wildman–Crippen LogP) is 6.15. The van der Waals surface area contributed by atoms with Crippen LogP contribution in [0.25, 0.3) is 11.1 Å². The number of methoxy groups -OCH3 is 2. The number of aldehydes is 2. The van der Waals surface area contributed by atoms with Gasteiger partial charge in [-0.3, -0.25) is 9.59 Å². The van der Waals surface area contributed by atoms with Crippen LogP contribution in [0.2, 0.25) is 0 Å². The maximum absolute atomic E-state index is 12.2. The molecule has 36 heavy (non-hydrogen) atoms. The molecule has 6 heteroatoms. The number of carbonyl (C=O) groups is 2. The summed E-state index contributed by atoms with van der Waals surface area (Å²) in [6.07, 6.45) is 1.43. The van der Waals surface area contributed by atoms with Gasteiger partial charge in [0, 0.05) is 34.4 Å². The third-order valence-corrected chi connectivity index (χ3v) is 5.66. The van der Waals surface area contributed by atoms with Gasteiger partial charge in [-0.1, -0.05) is 60.7 Å². The van der Waals surface area contributed by atoms with Gasteiger partial charge in [0.1, 0.15) is 36.2 Å². The van der Waals surface area contributed by atoms with Crippen molar-refractivity contribution >= 4 is 12.6 Å². The number of ether oxygens (including phenoxy) is 4. The second kappa shape index (κ2) is 11.7. The van der Waals surface area contributed by atoms with Gasteiger partial charge in [0.2, 0.25) is 0 Å². The Bertz CT molecular complexity index is 1230. The van der Waals surface area contributed by atoms with Crippen LogP contribution >= 0.6 is 0 Å². The predicted molar refractivity (Wildman–Crippen MR) is 137 cm³/mol. The summed E-state index contributed by atoms with van der Waals surface area (Å²) in [6, 6.07) is 25.9. The summed E-state index contributed by atoms with van der Waals surface area (Å²) < 4.78 is 23.2. The van der Waals surface area contributed by atoms with Crippen molar-refractivity contribution in [3.63, 3.8) is 0 Å². The van der Waals surface area contributed by atoms with Crippen molar-refractivity contribution in [1.29, 1.82) is 0 Å². The average Bonchev–Trinajstić information content (AvgIpc) is 2.95. The summed E-state index contributed by atoms with van der Waals surface area (Å²) in [4.78, 5) is 24.5. The Kier molecular flexibility index (Phi) is 7.98. The topological polar surface area (TPSA) is 71.1 Å². The molecule has 0 heterocycles. The Morgan fingerprint density at radius 2 is 0.972 bits per heavy atom. The molecule has 4 aromatic carbocycles. The average molecular weight is 483 g/mol. The van der Waals surface area contributed by atoms with Crippen LogP contribution in [0.5, 0.6) is 23.0 Å². The Hall–Kier alpha value is -4.58. The van der Waals surface area contributed by atoms with Crippen molar-refractivity contribution in [2.24, 2.45) is 0 Å². The van der Waals surface area contributed by atoms with E-state index in [-0.39, 0.29) is 13.2 Å². The highest BCUT2D eigenvalue weighted by Gasteiger charge is 2.23. The molecule has 0 fully saturated rings. The van der Waals surface area contributed by atoms with E-state index in [2.05, 4.69) is 0 Å². The molecule has 0 saturated heterocycles. The van der Waals surface area contributed by atoms with Gasteiger partial charge >= 0.3 is 0 Å². The first-order chi connectivity index (χ1) is 17.7. The molecule has 182 valence electrons. The van der Waals surface area contributed by atoms with Crippen LogP contribution in [0, 0.1) is 0 Å². The van der Waals surface area contributed by atoms with Gasteiger partial charge in [-0.25, -0.2) is 0 Å². The van der Waals surface area contributed by atoms with Gasteiger partial charge in [-0.15, -0.1) is 0 Å². The Balaban J connectivity index is 1.87. The molecule has 0 aliphatic carbocycles. The lowest BCUT2D eigenvalue weighted by molar-refractivity contribution is 0.111. The van der Waals surface area contributed by atoms with Gasteiger partial charge in [-0.05, 0) is 23.3 Å². The monoisotopic (exact) mass is 482 g/mol. The number of rotatable bonds is 11. The van der Waals surface area contributed by atoms with E-state index >= 15 is 0 Å². The first kappa shape index (κ1) is 24.5. The van der Waals surface area contributed by atoms with E-state index in [1.165, 1.54) is 14.2 Å². The van der Waals surface area contributed by atoms with Crippen molar-refractivity contribution in [2.75, 3.05) is 14.2 Å². The molecule has 4 aromatic rings. The quantitative estimate of drug-likeness (QED) is 0.239. The summed E-state index contributed by atoms with van der Waals surface area (Å²) in [5.74, 6) is 1.69. The molecule has 0 amide bonds. The molecular weight excluding hydrogens is 456 g/mol. The summed E-state index contributed by atoms with van der Waals surface area (Å²) >= 11 is 0. The van der Waals surface area contributed by atoms with E-state index in [1.807, 2.05) is 60.7 Å².